The highest BCUT2D eigenvalue weighted by molar-refractivity contribution is 6.01. The minimum absolute atomic E-state index is 0.0706. The van der Waals surface area contributed by atoms with Crippen molar-refractivity contribution in [3.05, 3.63) is 70.9 Å². The van der Waals surface area contributed by atoms with E-state index in [1.54, 1.807) is 21.5 Å². The quantitative estimate of drug-likeness (QED) is 0.579. The van der Waals surface area contributed by atoms with Crippen molar-refractivity contribution in [3.8, 4) is 0 Å². The summed E-state index contributed by atoms with van der Waals surface area (Å²) in [5.41, 5.74) is 4.10. The predicted octanol–water partition coefficient (Wildman–Crippen LogP) is 2.80. The number of nitrogens with one attached hydrogen (secondary N) is 1. The third kappa shape index (κ3) is 3.48. The molecule has 142 valence electrons. The maximum Gasteiger partial charge on any atom is 0.296 e. The van der Waals surface area contributed by atoms with Gasteiger partial charge in [0.1, 0.15) is 5.82 Å². The van der Waals surface area contributed by atoms with Crippen molar-refractivity contribution >= 4 is 17.5 Å². The average molecular weight is 375 g/mol. The number of nitrogens with zero attached hydrogens (tertiary/aromatic N) is 6. The summed E-state index contributed by atoms with van der Waals surface area (Å²) in [6.07, 6.45) is 2.66. The number of fused-ring (bicyclic) bond motifs is 1. The van der Waals surface area contributed by atoms with Gasteiger partial charge < -0.3 is 5.32 Å². The molecule has 0 bridgehead atoms. The Morgan fingerprint density at radius 1 is 1.07 bits per heavy atom. The fourth-order valence-electron chi connectivity index (χ4n) is 3.05. The van der Waals surface area contributed by atoms with Crippen LogP contribution in [-0.4, -0.2) is 35.3 Å². The third-order valence-corrected chi connectivity index (χ3v) is 4.54. The van der Waals surface area contributed by atoms with Crippen LogP contribution < -0.4 is 5.32 Å². The molecule has 1 amide bonds. The van der Waals surface area contributed by atoms with Crippen LogP contribution in [0, 0.1) is 13.8 Å². The second kappa shape index (κ2) is 7.22. The van der Waals surface area contributed by atoms with Crippen molar-refractivity contribution in [3.63, 3.8) is 0 Å². The van der Waals surface area contributed by atoms with Crippen molar-refractivity contribution < 1.29 is 4.79 Å². The van der Waals surface area contributed by atoms with E-state index in [9.17, 15) is 4.79 Å². The van der Waals surface area contributed by atoms with Crippen molar-refractivity contribution in [1.82, 2.24) is 29.4 Å². The molecule has 0 fully saturated rings. The van der Waals surface area contributed by atoms with Crippen LogP contribution in [0.4, 0.5) is 5.82 Å². The molecule has 0 atom stereocenters. The summed E-state index contributed by atoms with van der Waals surface area (Å²) in [6.45, 7) is 6.47. The van der Waals surface area contributed by atoms with E-state index in [1.165, 1.54) is 5.56 Å². The van der Waals surface area contributed by atoms with Crippen molar-refractivity contribution in [2.45, 2.75) is 33.7 Å². The lowest BCUT2D eigenvalue weighted by molar-refractivity contribution is 0.101. The Morgan fingerprint density at radius 3 is 2.57 bits per heavy atom. The summed E-state index contributed by atoms with van der Waals surface area (Å²) in [7, 11) is 0. The predicted molar refractivity (Wildman–Crippen MR) is 105 cm³/mol. The molecule has 28 heavy (non-hydrogen) atoms. The number of aromatic nitrogens is 6. The average Bonchev–Trinajstić information content (AvgIpc) is 3.29. The first kappa shape index (κ1) is 17.8. The molecule has 0 unspecified atom stereocenters. The van der Waals surface area contributed by atoms with Gasteiger partial charge in [-0.1, -0.05) is 31.2 Å². The van der Waals surface area contributed by atoms with Gasteiger partial charge >= 0.3 is 0 Å². The van der Waals surface area contributed by atoms with E-state index in [0.717, 1.165) is 23.4 Å². The van der Waals surface area contributed by atoms with Crippen molar-refractivity contribution in [2.24, 2.45) is 0 Å². The molecule has 1 aromatic carbocycles. The number of rotatable bonds is 5. The highest BCUT2D eigenvalue weighted by Gasteiger charge is 2.17. The Kier molecular flexibility index (Phi) is 4.60. The standard InChI is InChI=1S/C20H21N7O/c1-4-15-5-7-16(8-6-15)12-26-17(9-10-21-26)23-19(28)18-24-20-22-13(2)11-14(3)27(20)25-18/h5-11H,4,12H2,1-3H3,(H,23,28). The van der Waals surface area contributed by atoms with Gasteiger partial charge in [-0.3, -0.25) is 4.79 Å². The molecule has 0 aliphatic rings. The Labute approximate surface area is 162 Å². The molecule has 1 N–H and O–H groups in total. The molecule has 0 spiro atoms. The number of anilines is 1. The van der Waals surface area contributed by atoms with E-state index >= 15 is 0 Å². The molecule has 3 aromatic heterocycles. The molecule has 4 aromatic rings. The summed E-state index contributed by atoms with van der Waals surface area (Å²) >= 11 is 0. The highest BCUT2D eigenvalue weighted by atomic mass is 16.2. The van der Waals surface area contributed by atoms with Gasteiger partial charge in [-0.05, 0) is 37.5 Å². The second-order valence-electron chi connectivity index (χ2n) is 6.68. The molecule has 0 saturated carbocycles. The first-order chi connectivity index (χ1) is 13.5. The molecule has 0 aliphatic heterocycles. The van der Waals surface area contributed by atoms with E-state index < -0.39 is 5.91 Å². The molecule has 8 heteroatoms. The lowest BCUT2D eigenvalue weighted by atomic mass is 10.1. The first-order valence-corrected chi connectivity index (χ1v) is 9.15. The van der Waals surface area contributed by atoms with Crippen LogP contribution in [0.15, 0.2) is 42.6 Å². The van der Waals surface area contributed by atoms with E-state index in [0.29, 0.717) is 18.1 Å². The zero-order valence-electron chi connectivity index (χ0n) is 16.0. The van der Waals surface area contributed by atoms with Gasteiger partial charge in [0.25, 0.3) is 11.7 Å². The molecule has 8 nitrogen and oxygen atoms in total. The molecule has 4 rings (SSSR count). The maximum absolute atomic E-state index is 12.6. The zero-order chi connectivity index (χ0) is 19.7. The van der Waals surface area contributed by atoms with Crippen molar-refractivity contribution in [1.29, 1.82) is 0 Å². The zero-order valence-corrected chi connectivity index (χ0v) is 16.0. The normalized spacial score (nSPS) is 11.1. The second-order valence-corrected chi connectivity index (χ2v) is 6.68. The number of amides is 1. The molecule has 0 radical (unpaired) electrons. The van der Waals surface area contributed by atoms with E-state index in [4.69, 9.17) is 0 Å². The number of hydrogen-bond acceptors (Lipinski definition) is 5. The number of carbonyl (C=O) groups is 1. The lowest BCUT2D eigenvalue weighted by Crippen LogP contribution is -2.17. The minimum Gasteiger partial charge on any atom is -0.304 e. The first-order valence-electron chi connectivity index (χ1n) is 9.15. The van der Waals surface area contributed by atoms with E-state index in [-0.39, 0.29) is 5.82 Å². The van der Waals surface area contributed by atoms with Gasteiger partial charge in [0.05, 0.1) is 12.7 Å². The monoisotopic (exact) mass is 375 g/mol. The van der Waals surface area contributed by atoms with Crippen LogP contribution in [0.25, 0.3) is 5.78 Å². The van der Waals surface area contributed by atoms with Gasteiger partial charge in [-0.2, -0.15) is 10.1 Å². The van der Waals surface area contributed by atoms with Crippen LogP contribution >= 0.6 is 0 Å². The minimum atomic E-state index is -0.398. The summed E-state index contributed by atoms with van der Waals surface area (Å²) in [5.74, 6) is 0.670. The lowest BCUT2D eigenvalue weighted by Gasteiger charge is -2.08. The molecule has 3 heterocycles. The van der Waals surface area contributed by atoms with Gasteiger partial charge in [-0.25, -0.2) is 14.2 Å². The highest BCUT2D eigenvalue weighted by Crippen LogP contribution is 2.13. The van der Waals surface area contributed by atoms with Gasteiger partial charge in [0, 0.05) is 17.5 Å². The van der Waals surface area contributed by atoms with Crippen LogP contribution in [-0.2, 0) is 13.0 Å². The van der Waals surface area contributed by atoms with Gasteiger partial charge in [0.2, 0.25) is 5.82 Å². The Bertz CT molecular complexity index is 1140. The summed E-state index contributed by atoms with van der Waals surface area (Å²) in [5, 5.41) is 11.4. The summed E-state index contributed by atoms with van der Waals surface area (Å²) < 4.78 is 3.30. The van der Waals surface area contributed by atoms with Crippen LogP contribution in [0.1, 0.15) is 40.1 Å². The topological polar surface area (TPSA) is 90.0 Å². The summed E-state index contributed by atoms with van der Waals surface area (Å²) in [4.78, 5) is 21.2. The number of aryl methyl sites for hydroxylation is 3. The smallest absolute Gasteiger partial charge is 0.296 e. The molecular weight excluding hydrogens is 354 g/mol. The Hall–Kier alpha value is -3.55. The molecule has 0 aliphatic carbocycles. The fourth-order valence-corrected chi connectivity index (χ4v) is 3.05. The molecule has 0 saturated heterocycles. The summed E-state index contributed by atoms with van der Waals surface area (Å²) in [6, 6.07) is 12.0. The van der Waals surface area contributed by atoms with Gasteiger partial charge in [0.15, 0.2) is 0 Å². The van der Waals surface area contributed by atoms with Crippen molar-refractivity contribution in [2.75, 3.05) is 5.32 Å². The van der Waals surface area contributed by atoms with E-state index in [1.807, 2.05) is 19.9 Å². The maximum atomic E-state index is 12.6. The fraction of sp³-hybridized carbons (Fsp3) is 0.250. The molecular formula is C20H21N7O. The number of carbonyl (C=O) groups excluding carboxylic acids is 1. The van der Waals surface area contributed by atoms with Crippen LogP contribution in [0.3, 0.4) is 0 Å². The van der Waals surface area contributed by atoms with Gasteiger partial charge in [-0.15, -0.1) is 5.10 Å². The van der Waals surface area contributed by atoms with Crippen LogP contribution in [0.5, 0.6) is 0 Å². The Balaban J connectivity index is 1.54. The van der Waals surface area contributed by atoms with E-state index in [2.05, 4.69) is 56.7 Å². The number of hydrogen-bond donors (Lipinski definition) is 1. The SMILES string of the molecule is CCc1ccc(Cn2nccc2NC(=O)c2nc3nc(C)cc(C)n3n2)cc1. The Morgan fingerprint density at radius 2 is 1.82 bits per heavy atom. The third-order valence-electron chi connectivity index (χ3n) is 4.54. The largest absolute Gasteiger partial charge is 0.304 e. The number of benzene rings is 1. The van der Waals surface area contributed by atoms with Crippen LogP contribution in [0.2, 0.25) is 0 Å².